The normalized spacial score (nSPS) is 11.0. The standard InChI is InChI=1S/C19H17F2N3O3/c1-24-18(26)15-5-3-2-4-14(15)16(23-24)10-17(25)22-11-12-6-8-13(9-7-12)27-19(20)21/h2-9,19H,10-11H2,1H3,(H,22,25). The first kappa shape index (κ1) is 18.5. The maximum absolute atomic E-state index is 12.3. The van der Waals surface area contributed by atoms with E-state index in [1.807, 2.05) is 0 Å². The minimum absolute atomic E-state index is 0.0151. The van der Waals surface area contributed by atoms with E-state index >= 15 is 0 Å². The molecule has 1 amide bonds. The van der Waals surface area contributed by atoms with E-state index in [9.17, 15) is 18.4 Å². The second-order valence-electron chi connectivity index (χ2n) is 5.90. The first-order valence-electron chi connectivity index (χ1n) is 8.19. The van der Waals surface area contributed by atoms with Crippen LogP contribution in [0.5, 0.6) is 5.75 Å². The maximum Gasteiger partial charge on any atom is 0.387 e. The molecule has 0 radical (unpaired) electrons. The minimum atomic E-state index is -2.88. The Morgan fingerprint density at radius 1 is 1.15 bits per heavy atom. The van der Waals surface area contributed by atoms with Crippen molar-refractivity contribution in [2.75, 3.05) is 0 Å². The van der Waals surface area contributed by atoms with Crippen molar-refractivity contribution in [2.45, 2.75) is 19.6 Å². The number of carbonyl (C=O) groups excluding carboxylic acids is 1. The van der Waals surface area contributed by atoms with E-state index in [1.165, 1.54) is 16.8 Å². The van der Waals surface area contributed by atoms with Crippen molar-refractivity contribution < 1.29 is 18.3 Å². The number of hydrogen-bond acceptors (Lipinski definition) is 4. The fourth-order valence-corrected chi connectivity index (χ4v) is 2.71. The molecule has 0 saturated heterocycles. The second kappa shape index (κ2) is 7.94. The molecule has 0 spiro atoms. The molecule has 3 aromatic rings. The number of amides is 1. The van der Waals surface area contributed by atoms with Gasteiger partial charge < -0.3 is 10.1 Å². The van der Waals surface area contributed by atoms with Crippen molar-refractivity contribution in [3.05, 3.63) is 70.1 Å². The summed E-state index contributed by atoms with van der Waals surface area (Å²) in [7, 11) is 1.54. The third kappa shape index (κ3) is 4.46. The third-order valence-electron chi connectivity index (χ3n) is 4.00. The molecule has 1 heterocycles. The van der Waals surface area contributed by atoms with Crippen molar-refractivity contribution in [2.24, 2.45) is 7.05 Å². The van der Waals surface area contributed by atoms with E-state index in [4.69, 9.17) is 0 Å². The zero-order chi connectivity index (χ0) is 19.4. The predicted octanol–water partition coefficient (Wildman–Crippen LogP) is 2.39. The summed E-state index contributed by atoms with van der Waals surface area (Å²) in [5, 5.41) is 8.09. The summed E-state index contributed by atoms with van der Waals surface area (Å²) in [5.74, 6) is -0.208. The van der Waals surface area contributed by atoms with Crippen LogP contribution in [0.1, 0.15) is 11.3 Å². The monoisotopic (exact) mass is 373 g/mol. The van der Waals surface area contributed by atoms with Crippen LogP contribution in [0.3, 0.4) is 0 Å². The first-order chi connectivity index (χ1) is 12.9. The molecular formula is C19H17F2N3O3. The van der Waals surface area contributed by atoms with Gasteiger partial charge in [-0.15, -0.1) is 0 Å². The van der Waals surface area contributed by atoms with Gasteiger partial charge in [-0.2, -0.15) is 13.9 Å². The lowest BCUT2D eigenvalue weighted by Gasteiger charge is -2.09. The number of hydrogen-bond donors (Lipinski definition) is 1. The van der Waals surface area contributed by atoms with E-state index in [0.717, 1.165) is 5.56 Å². The number of carbonyl (C=O) groups is 1. The highest BCUT2D eigenvalue weighted by Crippen LogP contribution is 2.15. The predicted molar refractivity (Wildman–Crippen MR) is 95.6 cm³/mol. The molecule has 140 valence electrons. The SMILES string of the molecule is Cn1nc(CC(=O)NCc2ccc(OC(F)F)cc2)c2ccccc2c1=O. The zero-order valence-corrected chi connectivity index (χ0v) is 14.5. The van der Waals surface area contributed by atoms with Crippen LogP contribution in [0.4, 0.5) is 8.78 Å². The van der Waals surface area contributed by atoms with Gasteiger partial charge in [0, 0.05) is 19.0 Å². The number of nitrogens with zero attached hydrogens (tertiary/aromatic N) is 2. The molecule has 27 heavy (non-hydrogen) atoms. The van der Waals surface area contributed by atoms with Crippen LogP contribution < -0.4 is 15.6 Å². The molecule has 0 aliphatic carbocycles. The van der Waals surface area contributed by atoms with E-state index < -0.39 is 6.61 Å². The Bertz CT molecular complexity index is 1020. The summed E-state index contributed by atoms with van der Waals surface area (Å²) < 4.78 is 29.8. The van der Waals surface area contributed by atoms with E-state index in [-0.39, 0.29) is 30.2 Å². The molecule has 0 unspecified atom stereocenters. The van der Waals surface area contributed by atoms with Crippen LogP contribution in [0.25, 0.3) is 10.8 Å². The van der Waals surface area contributed by atoms with Crippen LogP contribution in [-0.4, -0.2) is 22.3 Å². The Morgan fingerprint density at radius 2 is 1.81 bits per heavy atom. The van der Waals surface area contributed by atoms with Crippen LogP contribution >= 0.6 is 0 Å². The molecule has 6 nitrogen and oxygen atoms in total. The van der Waals surface area contributed by atoms with E-state index in [0.29, 0.717) is 16.5 Å². The molecule has 1 N–H and O–H groups in total. The summed E-state index contributed by atoms with van der Waals surface area (Å²) >= 11 is 0. The first-order valence-corrected chi connectivity index (χ1v) is 8.19. The molecular weight excluding hydrogens is 356 g/mol. The topological polar surface area (TPSA) is 73.2 Å². The van der Waals surface area contributed by atoms with Crippen molar-refractivity contribution in [1.29, 1.82) is 0 Å². The molecule has 8 heteroatoms. The molecule has 0 saturated carbocycles. The highest BCUT2D eigenvalue weighted by Gasteiger charge is 2.12. The van der Waals surface area contributed by atoms with Gasteiger partial charge in [-0.1, -0.05) is 30.3 Å². The van der Waals surface area contributed by atoms with Gasteiger partial charge in [0.05, 0.1) is 17.5 Å². The molecule has 0 aliphatic heterocycles. The maximum atomic E-state index is 12.3. The van der Waals surface area contributed by atoms with Gasteiger partial charge in [0.1, 0.15) is 5.75 Å². The van der Waals surface area contributed by atoms with Crippen molar-refractivity contribution in [3.8, 4) is 5.75 Å². The third-order valence-corrected chi connectivity index (χ3v) is 4.00. The summed E-state index contributed by atoms with van der Waals surface area (Å²) in [6.45, 7) is -2.64. The molecule has 0 fully saturated rings. The number of benzene rings is 2. The average Bonchev–Trinajstić information content (AvgIpc) is 2.65. The van der Waals surface area contributed by atoms with E-state index in [1.54, 1.807) is 43.4 Å². The Kier molecular flexibility index (Phi) is 5.44. The smallest absolute Gasteiger partial charge is 0.387 e. The van der Waals surface area contributed by atoms with Gasteiger partial charge in [-0.3, -0.25) is 9.59 Å². The van der Waals surface area contributed by atoms with Crippen molar-refractivity contribution in [3.63, 3.8) is 0 Å². The Hall–Kier alpha value is -3.29. The summed E-state index contributed by atoms with van der Waals surface area (Å²) in [5.41, 5.74) is 1.02. The lowest BCUT2D eigenvalue weighted by atomic mass is 10.1. The fourth-order valence-electron chi connectivity index (χ4n) is 2.71. The largest absolute Gasteiger partial charge is 0.435 e. The van der Waals surface area contributed by atoms with Crippen LogP contribution in [-0.2, 0) is 24.8 Å². The average molecular weight is 373 g/mol. The zero-order valence-electron chi connectivity index (χ0n) is 14.5. The van der Waals surface area contributed by atoms with Gasteiger partial charge in [0.2, 0.25) is 5.91 Å². The molecule has 0 bridgehead atoms. The van der Waals surface area contributed by atoms with Crippen LogP contribution in [0.2, 0.25) is 0 Å². The molecule has 0 atom stereocenters. The Labute approximate surface area is 153 Å². The molecule has 3 rings (SSSR count). The number of aryl methyl sites for hydroxylation is 1. The minimum Gasteiger partial charge on any atom is -0.435 e. The lowest BCUT2D eigenvalue weighted by molar-refractivity contribution is -0.120. The van der Waals surface area contributed by atoms with Gasteiger partial charge in [-0.25, -0.2) is 4.68 Å². The van der Waals surface area contributed by atoms with Gasteiger partial charge in [0.25, 0.3) is 5.56 Å². The summed E-state index contributed by atoms with van der Waals surface area (Å²) in [4.78, 5) is 24.4. The van der Waals surface area contributed by atoms with Gasteiger partial charge in [-0.05, 0) is 23.8 Å². The molecule has 2 aromatic carbocycles. The Morgan fingerprint density at radius 3 is 2.48 bits per heavy atom. The molecule has 1 aromatic heterocycles. The lowest BCUT2D eigenvalue weighted by Crippen LogP contribution is -2.27. The Balaban J connectivity index is 1.67. The number of aromatic nitrogens is 2. The number of ether oxygens (including phenoxy) is 1. The van der Waals surface area contributed by atoms with Crippen LogP contribution in [0, 0.1) is 0 Å². The quantitative estimate of drug-likeness (QED) is 0.720. The van der Waals surface area contributed by atoms with Crippen LogP contribution in [0.15, 0.2) is 53.3 Å². The number of alkyl halides is 2. The number of rotatable bonds is 6. The van der Waals surface area contributed by atoms with Gasteiger partial charge >= 0.3 is 6.61 Å². The number of halogens is 2. The highest BCUT2D eigenvalue weighted by molar-refractivity contribution is 5.88. The van der Waals surface area contributed by atoms with Crippen molar-refractivity contribution in [1.82, 2.24) is 15.1 Å². The number of nitrogens with one attached hydrogen (secondary N) is 1. The highest BCUT2D eigenvalue weighted by atomic mass is 19.3. The van der Waals surface area contributed by atoms with Gasteiger partial charge in [0.15, 0.2) is 0 Å². The van der Waals surface area contributed by atoms with E-state index in [2.05, 4.69) is 15.2 Å². The fraction of sp³-hybridized carbons (Fsp3) is 0.211. The second-order valence-corrected chi connectivity index (χ2v) is 5.90. The van der Waals surface area contributed by atoms with Crippen molar-refractivity contribution >= 4 is 16.7 Å². The number of fused-ring (bicyclic) bond motifs is 1. The molecule has 0 aliphatic rings. The summed E-state index contributed by atoms with van der Waals surface area (Å²) in [6, 6.07) is 13.0. The summed E-state index contributed by atoms with van der Waals surface area (Å²) in [6.07, 6.45) is 0.0151.